The Balaban J connectivity index is 1.50. The van der Waals surface area contributed by atoms with Crippen LogP contribution in [-0.2, 0) is 6.42 Å². The van der Waals surface area contributed by atoms with Gasteiger partial charge in [-0.15, -0.1) is 0 Å². The number of H-pyrrole nitrogens is 2. The number of halogens is 2. The number of aromatic nitrogens is 5. The lowest BCUT2D eigenvalue weighted by Crippen LogP contribution is -2.05. The van der Waals surface area contributed by atoms with Crippen molar-refractivity contribution in [3.63, 3.8) is 0 Å². The molecule has 3 heterocycles. The van der Waals surface area contributed by atoms with Gasteiger partial charge in [-0.25, -0.2) is 4.98 Å². The van der Waals surface area contributed by atoms with E-state index in [1.54, 1.807) is 12.4 Å². The van der Waals surface area contributed by atoms with Crippen LogP contribution < -0.4 is 4.74 Å². The zero-order valence-electron chi connectivity index (χ0n) is 17.1. The molecule has 0 saturated carbocycles. The molecule has 0 aliphatic heterocycles. The van der Waals surface area contributed by atoms with Gasteiger partial charge < -0.3 is 14.8 Å². The maximum atomic E-state index is 9.19. The lowest BCUT2D eigenvalue weighted by Gasteiger charge is -2.17. The quantitative estimate of drug-likeness (QED) is 0.306. The second-order valence-electron chi connectivity index (χ2n) is 7.47. The number of imidazole rings is 1. The summed E-state index contributed by atoms with van der Waals surface area (Å²) in [7, 11) is 0. The van der Waals surface area contributed by atoms with E-state index in [0.29, 0.717) is 39.3 Å². The molecule has 0 unspecified atom stereocenters. The number of hydrogen-bond donors (Lipinski definition) is 3. The summed E-state index contributed by atoms with van der Waals surface area (Å²) in [5, 5.41) is 18.5. The van der Waals surface area contributed by atoms with Crippen molar-refractivity contribution in [2.24, 2.45) is 0 Å². The van der Waals surface area contributed by atoms with E-state index in [9.17, 15) is 5.11 Å². The van der Waals surface area contributed by atoms with Crippen LogP contribution in [0.4, 0.5) is 0 Å². The number of aromatic amines is 2. The molecular formula is C23H19Cl2N5O2. The molecule has 7 nitrogen and oxygen atoms in total. The van der Waals surface area contributed by atoms with Gasteiger partial charge >= 0.3 is 0 Å². The minimum atomic E-state index is -0.373. The first-order valence-electron chi connectivity index (χ1n) is 10.1. The normalized spacial score (nSPS) is 12.5. The first-order valence-corrected chi connectivity index (χ1v) is 10.8. The molecule has 32 heavy (non-hydrogen) atoms. The third-order valence-corrected chi connectivity index (χ3v) is 5.92. The van der Waals surface area contributed by atoms with E-state index >= 15 is 0 Å². The molecule has 162 valence electrons. The summed E-state index contributed by atoms with van der Waals surface area (Å²) < 4.78 is 6.14. The smallest absolute Gasteiger partial charge is 0.159 e. The van der Waals surface area contributed by atoms with Gasteiger partial charge in [0.05, 0.1) is 26.6 Å². The maximum Gasteiger partial charge on any atom is 0.159 e. The minimum Gasteiger partial charge on any atom is -0.486 e. The number of nitrogens with zero attached hydrogens (tertiary/aromatic N) is 3. The Morgan fingerprint density at radius 2 is 1.88 bits per heavy atom. The summed E-state index contributed by atoms with van der Waals surface area (Å²) in [4.78, 5) is 12.0. The van der Waals surface area contributed by atoms with Gasteiger partial charge in [-0.05, 0) is 49.2 Å². The topological polar surface area (TPSA) is 99.7 Å². The molecule has 3 aromatic heterocycles. The molecule has 0 saturated heterocycles. The van der Waals surface area contributed by atoms with Gasteiger partial charge in [0.25, 0.3) is 0 Å². The van der Waals surface area contributed by atoms with Gasteiger partial charge in [-0.2, -0.15) is 5.10 Å². The molecule has 5 aromatic rings. The van der Waals surface area contributed by atoms with Gasteiger partial charge in [0.2, 0.25) is 0 Å². The van der Waals surface area contributed by atoms with Gasteiger partial charge in [0, 0.05) is 30.0 Å². The molecule has 2 aromatic carbocycles. The zero-order chi connectivity index (χ0) is 22.2. The van der Waals surface area contributed by atoms with E-state index < -0.39 is 0 Å². The standard InChI is InChI=1S/C23H19Cl2N5O2/c1-12(21-16(24)10-26-11-17(21)25)32-14-3-5-18-15(9-14)22(30-29-18)23-27-19-4-2-13(6-7-31)8-20(19)28-23/h2-5,8-12,31H,6-7H2,1H3,(H,27,28)(H,29,30)/t12-/m0/s1. The Morgan fingerprint density at radius 3 is 2.66 bits per heavy atom. The van der Waals surface area contributed by atoms with Crippen LogP contribution in [0.3, 0.4) is 0 Å². The van der Waals surface area contributed by atoms with Crippen LogP contribution >= 0.6 is 23.2 Å². The van der Waals surface area contributed by atoms with Gasteiger partial charge in [0.15, 0.2) is 5.82 Å². The zero-order valence-corrected chi connectivity index (χ0v) is 18.6. The highest BCUT2D eigenvalue weighted by Crippen LogP contribution is 2.34. The number of ether oxygens (including phenoxy) is 1. The number of benzene rings is 2. The Labute approximate surface area is 193 Å². The predicted octanol–water partition coefficient (Wildman–Crippen LogP) is 5.48. The number of pyridine rings is 1. The van der Waals surface area contributed by atoms with Crippen molar-refractivity contribution in [2.45, 2.75) is 19.4 Å². The lowest BCUT2D eigenvalue weighted by molar-refractivity contribution is 0.227. The molecule has 0 radical (unpaired) electrons. The summed E-state index contributed by atoms with van der Waals surface area (Å²) in [6.45, 7) is 1.99. The monoisotopic (exact) mass is 467 g/mol. The van der Waals surface area contributed by atoms with Crippen LogP contribution in [-0.4, -0.2) is 36.9 Å². The number of rotatable bonds is 6. The molecule has 9 heteroatoms. The number of fused-ring (bicyclic) bond motifs is 2. The van der Waals surface area contributed by atoms with Crippen molar-refractivity contribution < 1.29 is 9.84 Å². The molecule has 1 atom stereocenters. The average molecular weight is 468 g/mol. The van der Waals surface area contributed by atoms with Crippen molar-refractivity contribution >= 4 is 45.1 Å². The summed E-state index contributed by atoms with van der Waals surface area (Å²) in [5.41, 5.74) is 5.01. The van der Waals surface area contributed by atoms with Gasteiger partial charge in [-0.1, -0.05) is 29.3 Å². The van der Waals surface area contributed by atoms with E-state index in [0.717, 1.165) is 27.5 Å². The Kier molecular flexibility index (Phi) is 5.46. The first kappa shape index (κ1) is 20.8. The Morgan fingerprint density at radius 1 is 1.06 bits per heavy atom. The molecule has 0 aliphatic rings. The summed E-state index contributed by atoms with van der Waals surface area (Å²) in [6.07, 6.45) is 3.32. The van der Waals surface area contributed by atoms with Crippen LogP contribution in [0.5, 0.6) is 5.75 Å². The van der Waals surface area contributed by atoms with E-state index in [4.69, 9.17) is 27.9 Å². The second kappa shape index (κ2) is 8.43. The highest BCUT2D eigenvalue weighted by atomic mass is 35.5. The SMILES string of the molecule is C[C@H](Oc1ccc2[nH]nc(-c3nc4ccc(CCO)cc4[nH]3)c2c1)c1c(Cl)cncc1Cl. The molecule has 0 amide bonds. The maximum absolute atomic E-state index is 9.19. The summed E-state index contributed by atoms with van der Waals surface area (Å²) in [6, 6.07) is 11.6. The first-order chi connectivity index (χ1) is 15.5. The van der Waals surface area contributed by atoms with Crippen LogP contribution in [0.15, 0.2) is 48.8 Å². The van der Waals surface area contributed by atoms with Crippen molar-refractivity contribution in [2.75, 3.05) is 6.61 Å². The summed E-state index contributed by atoms with van der Waals surface area (Å²) >= 11 is 12.5. The van der Waals surface area contributed by atoms with Crippen LogP contribution in [0, 0.1) is 0 Å². The second-order valence-corrected chi connectivity index (χ2v) is 8.28. The fourth-order valence-electron chi connectivity index (χ4n) is 3.77. The largest absolute Gasteiger partial charge is 0.486 e. The van der Waals surface area contributed by atoms with Gasteiger partial charge in [0.1, 0.15) is 17.5 Å². The van der Waals surface area contributed by atoms with E-state index in [2.05, 4.69) is 25.1 Å². The summed E-state index contributed by atoms with van der Waals surface area (Å²) in [5.74, 6) is 1.30. The van der Waals surface area contributed by atoms with Crippen LogP contribution in [0.2, 0.25) is 10.0 Å². The molecule has 0 bridgehead atoms. The van der Waals surface area contributed by atoms with Gasteiger partial charge in [-0.3, -0.25) is 10.1 Å². The third kappa shape index (κ3) is 3.79. The van der Waals surface area contributed by atoms with E-state index in [-0.39, 0.29) is 12.7 Å². The molecule has 0 spiro atoms. The number of aliphatic hydroxyl groups excluding tert-OH is 1. The number of nitrogens with one attached hydrogen (secondary N) is 2. The average Bonchev–Trinajstić information content (AvgIpc) is 3.37. The molecule has 0 fully saturated rings. The highest BCUT2D eigenvalue weighted by molar-refractivity contribution is 6.35. The van der Waals surface area contributed by atoms with Crippen LogP contribution in [0.1, 0.15) is 24.2 Å². The molecule has 3 N–H and O–H groups in total. The molecule has 5 rings (SSSR count). The Bertz CT molecular complexity index is 1410. The molecular weight excluding hydrogens is 449 g/mol. The van der Waals surface area contributed by atoms with Crippen molar-refractivity contribution in [3.05, 3.63) is 70.0 Å². The van der Waals surface area contributed by atoms with E-state index in [1.807, 2.05) is 43.3 Å². The van der Waals surface area contributed by atoms with Crippen molar-refractivity contribution in [1.82, 2.24) is 25.1 Å². The fourth-order valence-corrected chi connectivity index (χ4v) is 4.45. The van der Waals surface area contributed by atoms with Crippen molar-refractivity contribution in [1.29, 1.82) is 0 Å². The fraction of sp³-hybridized carbons (Fsp3) is 0.174. The van der Waals surface area contributed by atoms with Crippen molar-refractivity contribution in [3.8, 4) is 17.3 Å². The highest BCUT2D eigenvalue weighted by Gasteiger charge is 2.18. The predicted molar refractivity (Wildman–Crippen MR) is 125 cm³/mol. The third-order valence-electron chi connectivity index (χ3n) is 5.32. The van der Waals surface area contributed by atoms with E-state index in [1.165, 1.54) is 0 Å². The molecule has 0 aliphatic carbocycles. The van der Waals surface area contributed by atoms with Crippen LogP contribution in [0.25, 0.3) is 33.5 Å². The lowest BCUT2D eigenvalue weighted by atomic mass is 10.1. The Hall–Kier alpha value is -3.13. The number of aliphatic hydroxyl groups is 1. The minimum absolute atomic E-state index is 0.105. The number of hydrogen-bond acceptors (Lipinski definition) is 5.